The zero-order valence-corrected chi connectivity index (χ0v) is 17.5. The molecule has 2 aromatic rings. The van der Waals surface area contributed by atoms with Crippen molar-refractivity contribution < 1.29 is 14.3 Å². The van der Waals surface area contributed by atoms with Crippen LogP contribution in [0.2, 0.25) is 0 Å². The normalized spacial score (nSPS) is 19.4. The minimum Gasteiger partial charge on any atom is -0.444 e. The highest BCUT2D eigenvalue weighted by Crippen LogP contribution is 2.26. The number of rotatable bonds is 6. The predicted octanol–water partition coefficient (Wildman–Crippen LogP) is 4.27. The zero-order chi connectivity index (χ0) is 20.9. The van der Waals surface area contributed by atoms with Gasteiger partial charge in [-0.25, -0.2) is 4.79 Å². The summed E-state index contributed by atoms with van der Waals surface area (Å²) >= 11 is 0. The molecule has 2 aromatic carbocycles. The van der Waals surface area contributed by atoms with Crippen molar-refractivity contribution in [1.82, 2.24) is 9.80 Å². The Morgan fingerprint density at radius 2 is 1.55 bits per heavy atom. The molecule has 0 aromatic heterocycles. The van der Waals surface area contributed by atoms with Crippen LogP contribution in [0.25, 0.3) is 0 Å². The largest absolute Gasteiger partial charge is 0.444 e. The second kappa shape index (κ2) is 9.23. The summed E-state index contributed by atoms with van der Waals surface area (Å²) in [5, 5.41) is 0. The van der Waals surface area contributed by atoms with Gasteiger partial charge in [0.15, 0.2) is 0 Å². The molecule has 29 heavy (non-hydrogen) atoms. The van der Waals surface area contributed by atoms with Crippen molar-refractivity contribution in [2.45, 2.75) is 58.0 Å². The number of nitrogens with zero attached hydrogens (tertiary/aromatic N) is 2. The van der Waals surface area contributed by atoms with Crippen LogP contribution < -0.4 is 0 Å². The summed E-state index contributed by atoms with van der Waals surface area (Å²) in [5.74, 6) is 0. The third-order valence-corrected chi connectivity index (χ3v) is 5.08. The predicted molar refractivity (Wildman–Crippen MR) is 113 cm³/mol. The zero-order valence-electron chi connectivity index (χ0n) is 17.5. The van der Waals surface area contributed by atoms with Gasteiger partial charge in [0.1, 0.15) is 11.9 Å². The molecule has 1 saturated heterocycles. The van der Waals surface area contributed by atoms with E-state index in [1.165, 1.54) is 11.1 Å². The monoisotopic (exact) mass is 394 g/mol. The first-order valence-electron chi connectivity index (χ1n) is 10.1. The number of aldehydes is 1. The van der Waals surface area contributed by atoms with Gasteiger partial charge in [-0.05, 0) is 38.3 Å². The summed E-state index contributed by atoms with van der Waals surface area (Å²) in [6, 6.07) is 20.2. The van der Waals surface area contributed by atoms with E-state index in [0.717, 1.165) is 19.4 Å². The molecular weight excluding hydrogens is 364 g/mol. The molecule has 0 aliphatic carbocycles. The minimum atomic E-state index is -0.587. The van der Waals surface area contributed by atoms with Gasteiger partial charge in [-0.15, -0.1) is 0 Å². The number of hydrogen-bond donors (Lipinski definition) is 0. The van der Waals surface area contributed by atoms with Gasteiger partial charge in [-0.1, -0.05) is 60.7 Å². The quantitative estimate of drug-likeness (QED) is 0.687. The van der Waals surface area contributed by atoms with Gasteiger partial charge in [0.2, 0.25) is 0 Å². The Labute approximate surface area is 173 Å². The molecule has 0 N–H and O–H groups in total. The average molecular weight is 395 g/mol. The lowest BCUT2D eigenvalue weighted by Gasteiger charge is -2.30. The van der Waals surface area contributed by atoms with Crippen molar-refractivity contribution in [3.8, 4) is 0 Å². The van der Waals surface area contributed by atoms with Crippen LogP contribution in [-0.4, -0.2) is 46.4 Å². The molecule has 1 amide bonds. The van der Waals surface area contributed by atoms with Crippen molar-refractivity contribution in [3.63, 3.8) is 0 Å². The molecule has 0 spiro atoms. The van der Waals surface area contributed by atoms with Crippen molar-refractivity contribution in [3.05, 3.63) is 71.8 Å². The maximum absolute atomic E-state index is 12.6. The van der Waals surface area contributed by atoms with Gasteiger partial charge in [0.05, 0.1) is 6.04 Å². The van der Waals surface area contributed by atoms with E-state index < -0.39 is 17.7 Å². The molecule has 5 nitrogen and oxygen atoms in total. The van der Waals surface area contributed by atoms with Crippen LogP contribution in [-0.2, 0) is 22.6 Å². The van der Waals surface area contributed by atoms with Crippen LogP contribution in [0.3, 0.4) is 0 Å². The fourth-order valence-electron chi connectivity index (χ4n) is 3.72. The summed E-state index contributed by atoms with van der Waals surface area (Å²) in [7, 11) is 0. The molecule has 154 valence electrons. The molecule has 3 rings (SSSR count). The van der Waals surface area contributed by atoms with Gasteiger partial charge in [-0.3, -0.25) is 9.80 Å². The minimum absolute atomic E-state index is 0.0816. The summed E-state index contributed by atoms with van der Waals surface area (Å²) < 4.78 is 5.53. The first-order chi connectivity index (χ1) is 13.9. The highest BCUT2D eigenvalue weighted by atomic mass is 16.6. The van der Waals surface area contributed by atoms with Crippen LogP contribution >= 0.6 is 0 Å². The second-order valence-electron chi connectivity index (χ2n) is 8.60. The van der Waals surface area contributed by atoms with Crippen LogP contribution in [0.4, 0.5) is 4.79 Å². The molecular formula is C24H30N2O3. The van der Waals surface area contributed by atoms with E-state index in [9.17, 15) is 9.59 Å². The standard InChI is InChI=1S/C24H30N2O3/c1-24(2,3)29-23(28)26-17-21(14-22(26)18-27)25(15-19-10-6-4-7-11-19)16-20-12-8-5-9-13-20/h4-13,18,21-22H,14-17H2,1-3H3/t21-,22-/m0/s1. The lowest BCUT2D eigenvalue weighted by Crippen LogP contribution is -2.42. The molecule has 1 fully saturated rings. The molecule has 1 aliphatic rings. The molecule has 5 heteroatoms. The molecule has 1 heterocycles. The molecule has 1 aliphatic heterocycles. The number of carbonyl (C=O) groups is 2. The second-order valence-corrected chi connectivity index (χ2v) is 8.60. The fraction of sp³-hybridized carbons (Fsp3) is 0.417. The lowest BCUT2D eigenvalue weighted by molar-refractivity contribution is -0.111. The maximum atomic E-state index is 12.6. The lowest BCUT2D eigenvalue weighted by atomic mass is 10.1. The molecule has 0 bridgehead atoms. The highest BCUT2D eigenvalue weighted by Gasteiger charge is 2.39. The van der Waals surface area contributed by atoms with Gasteiger partial charge < -0.3 is 9.53 Å². The Bertz CT molecular complexity index is 760. The van der Waals surface area contributed by atoms with Crippen LogP contribution in [0, 0.1) is 0 Å². The third kappa shape index (κ3) is 5.91. The topological polar surface area (TPSA) is 49.9 Å². The van der Waals surface area contributed by atoms with E-state index in [1.807, 2.05) is 57.2 Å². The Hall–Kier alpha value is -2.66. The van der Waals surface area contributed by atoms with Crippen molar-refractivity contribution in [2.24, 2.45) is 0 Å². The van der Waals surface area contributed by atoms with E-state index in [4.69, 9.17) is 4.74 Å². The van der Waals surface area contributed by atoms with E-state index >= 15 is 0 Å². The highest BCUT2D eigenvalue weighted by molar-refractivity contribution is 5.74. The molecule has 2 atom stereocenters. The summed E-state index contributed by atoms with van der Waals surface area (Å²) in [6.07, 6.45) is 1.06. The summed E-state index contributed by atoms with van der Waals surface area (Å²) in [5.41, 5.74) is 1.83. The summed E-state index contributed by atoms with van der Waals surface area (Å²) in [4.78, 5) is 28.3. The van der Waals surface area contributed by atoms with Crippen molar-refractivity contribution in [2.75, 3.05) is 6.54 Å². The van der Waals surface area contributed by atoms with E-state index in [2.05, 4.69) is 29.2 Å². The fourth-order valence-corrected chi connectivity index (χ4v) is 3.72. The van der Waals surface area contributed by atoms with Gasteiger partial charge >= 0.3 is 6.09 Å². The smallest absolute Gasteiger partial charge is 0.410 e. The Morgan fingerprint density at radius 3 is 2.00 bits per heavy atom. The van der Waals surface area contributed by atoms with E-state index in [1.54, 1.807) is 4.90 Å². The Morgan fingerprint density at radius 1 is 1.03 bits per heavy atom. The van der Waals surface area contributed by atoms with Gasteiger partial charge in [0, 0.05) is 25.7 Å². The Kier molecular flexibility index (Phi) is 6.70. The summed E-state index contributed by atoms with van der Waals surface area (Å²) in [6.45, 7) is 7.52. The molecule has 0 saturated carbocycles. The van der Waals surface area contributed by atoms with Gasteiger partial charge in [-0.2, -0.15) is 0 Å². The number of ether oxygens (including phenoxy) is 1. The van der Waals surface area contributed by atoms with Crippen LogP contribution in [0.5, 0.6) is 0 Å². The van der Waals surface area contributed by atoms with Crippen molar-refractivity contribution in [1.29, 1.82) is 0 Å². The number of hydrogen-bond acceptors (Lipinski definition) is 4. The number of benzene rings is 2. The van der Waals surface area contributed by atoms with Crippen molar-refractivity contribution >= 4 is 12.4 Å². The Balaban J connectivity index is 1.79. The first-order valence-corrected chi connectivity index (χ1v) is 10.1. The van der Waals surface area contributed by atoms with Gasteiger partial charge in [0.25, 0.3) is 0 Å². The molecule has 0 radical (unpaired) electrons. The SMILES string of the molecule is CC(C)(C)OC(=O)N1C[C@@H](N(Cc2ccccc2)Cc2ccccc2)C[C@H]1C=O. The number of carbonyl (C=O) groups excluding carboxylic acids is 2. The number of amides is 1. The maximum Gasteiger partial charge on any atom is 0.410 e. The van der Waals surface area contributed by atoms with E-state index in [0.29, 0.717) is 13.0 Å². The van der Waals surface area contributed by atoms with Crippen LogP contribution in [0.15, 0.2) is 60.7 Å². The van der Waals surface area contributed by atoms with Crippen LogP contribution in [0.1, 0.15) is 38.3 Å². The third-order valence-electron chi connectivity index (χ3n) is 5.08. The van der Waals surface area contributed by atoms with E-state index in [-0.39, 0.29) is 6.04 Å². The number of likely N-dealkylation sites (tertiary alicyclic amines) is 1. The molecule has 0 unspecified atom stereocenters. The first kappa shape index (κ1) is 21.1. The average Bonchev–Trinajstić information content (AvgIpc) is 3.12.